The third-order valence-electron chi connectivity index (χ3n) is 7.23. The summed E-state index contributed by atoms with van der Waals surface area (Å²) in [4.78, 5) is 31.1. The zero-order chi connectivity index (χ0) is 26.6. The fraction of sp³-hybridized carbons (Fsp3) is 0.500. The normalized spacial score (nSPS) is 24.5. The first-order chi connectivity index (χ1) is 17.6. The van der Waals surface area contributed by atoms with Crippen molar-refractivity contribution in [3.8, 4) is 5.88 Å². The van der Waals surface area contributed by atoms with Gasteiger partial charge in [-0.2, -0.15) is 13.2 Å². The molecule has 2 aliphatic rings. The van der Waals surface area contributed by atoms with Crippen molar-refractivity contribution in [2.75, 3.05) is 26.7 Å². The van der Waals surface area contributed by atoms with Crippen LogP contribution in [0.1, 0.15) is 53.6 Å². The fourth-order valence-electron chi connectivity index (χ4n) is 5.13. The van der Waals surface area contributed by atoms with E-state index in [1.54, 1.807) is 19.4 Å². The van der Waals surface area contributed by atoms with Crippen molar-refractivity contribution in [2.24, 2.45) is 0 Å². The molecule has 11 heteroatoms. The van der Waals surface area contributed by atoms with Crippen LogP contribution >= 0.6 is 0 Å². The predicted molar refractivity (Wildman–Crippen MR) is 129 cm³/mol. The number of carbonyl (C=O) groups excluding carboxylic acids is 2. The van der Waals surface area contributed by atoms with E-state index in [2.05, 4.69) is 20.5 Å². The van der Waals surface area contributed by atoms with Crippen LogP contribution in [0.25, 0.3) is 0 Å². The summed E-state index contributed by atoms with van der Waals surface area (Å²) in [6, 6.07) is 7.89. The number of ether oxygens (including phenoxy) is 1. The quantitative estimate of drug-likeness (QED) is 0.519. The van der Waals surface area contributed by atoms with E-state index in [0.29, 0.717) is 31.3 Å². The summed E-state index contributed by atoms with van der Waals surface area (Å²) in [5.41, 5.74) is -1.21. The highest BCUT2D eigenvalue weighted by atomic mass is 19.4. The van der Waals surface area contributed by atoms with Crippen LogP contribution in [-0.4, -0.2) is 65.6 Å². The molecule has 1 saturated carbocycles. The average molecular weight is 521 g/mol. The number of alkyl halides is 3. The number of halogens is 3. The molecule has 8 nitrogen and oxygen atoms in total. The monoisotopic (exact) mass is 520 g/mol. The first-order valence-electron chi connectivity index (χ1n) is 12.3. The Morgan fingerprint density at radius 1 is 1.19 bits per heavy atom. The SMILES string of the molecule is COc1ccc(C2(O)CCC(N3CC[C@H](NC(=O)CNC(=O)c4cccc(C(F)(F)F)c4)C3)CC2)cn1. The molecule has 2 heterocycles. The Morgan fingerprint density at radius 3 is 2.59 bits per heavy atom. The van der Waals surface area contributed by atoms with Gasteiger partial charge >= 0.3 is 6.18 Å². The summed E-state index contributed by atoms with van der Waals surface area (Å²) in [7, 11) is 1.55. The van der Waals surface area contributed by atoms with Gasteiger partial charge in [-0.1, -0.05) is 6.07 Å². The van der Waals surface area contributed by atoms with Crippen molar-refractivity contribution in [2.45, 2.75) is 56.0 Å². The Bertz CT molecular complexity index is 1100. The molecular formula is C26H31F3N4O4. The van der Waals surface area contributed by atoms with Crippen LogP contribution in [0.2, 0.25) is 0 Å². The van der Waals surface area contributed by atoms with Crippen LogP contribution in [0.5, 0.6) is 5.88 Å². The molecule has 0 spiro atoms. The van der Waals surface area contributed by atoms with Crippen LogP contribution in [-0.2, 0) is 16.6 Å². The van der Waals surface area contributed by atoms with Gasteiger partial charge in [0.25, 0.3) is 5.91 Å². The number of amides is 2. The number of hydrogen-bond donors (Lipinski definition) is 3. The number of rotatable bonds is 7. The molecule has 2 amide bonds. The minimum atomic E-state index is -4.55. The maximum atomic E-state index is 12.9. The second kappa shape index (κ2) is 11.1. The van der Waals surface area contributed by atoms with E-state index in [1.165, 1.54) is 6.07 Å². The molecule has 0 unspecified atom stereocenters. The van der Waals surface area contributed by atoms with Crippen LogP contribution in [0.4, 0.5) is 13.2 Å². The zero-order valence-corrected chi connectivity index (χ0v) is 20.6. The van der Waals surface area contributed by atoms with E-state index in [4.69, 9.17) is 4.74 Å². The van der Waals surface area contributed by atoms with Crippen molar-refractivity contribution < 1.29 is 32.6 Å². The maximum absolute atomic E-state index is 12.9. The summed E-state index contributed by atoms with van der Waals surface area (Å²) >= 11 is 0. The van der Waals surface area contributed by atoms with Crippen molar-refractivity contribution in [3.05, 3.63) is 59.3 Å². The molecule has 1 aromatic heterocycles. The number of benzene rings is 1. The largest absolute Gasteiger partial charge is 0.481 e. The number of aromatic nitrogens is 1. The van der Waals surface area contributed by atoms with Crippen molar-refractivity contribution in [3.63, 3.8) is 0 Å². The van der Waals surface area contributed by atoms with Crippen LogP contribution in [0.3, 0.4) is 0 Å². The molecule has 200 valence electrons. The Labute approximate surface area is 213 Å². The summed E-state index contributed by atoms with van der Waals surface area (Å²) in [6.45, 7) is 1.16. The van der Waals surface area contributed by atoms with Gasteiger partial charge in [-0.15, -0.1) is 0 Å². The number of pyridine rings is 1. The van der Waals surface area contributed by atoms with Gasteiger partial charge in [0, 0.05) is 48.6 Å². The van der Waals surface area contributed by atoms with E-state index in [9.17, 15) is 27.9 Å². The second-order valence-corrected chi connectivity index (χ2v) is 9.66. The Kier molecular flexibility index (Phi) is 8.03. The Balaban J connectivity index is 1.21. The topological polar surface area (TPSA) is 104 Å². The smallest absolute Gasteiger partial charge is 0.416 e. The zero-order valence-electron chi connectivity index (χ0n) is 20.6. The van der Waals surface area contributed by atoms with Crippen LogP contribution < -0.4 is 15.4 Å². The number of likely N-dealkylation sites (tertiary alicyclic amines) is 1. The number of methoxy groups -OCH3 is 1. The lowest BCUT2D eigenvalue weighted by atomic mass is 9.78. The fourth-order valence-corrected chi connectivity index (χ4v) is 5.13. The van der Waals surface area contributed by atoms with Crippen LogP contribution in [0.15, 0.2) is 42.6 Å². The lowest BCUT2D eigenvalue weighted by molar-refractivity contribution is -0.137. The molecule has 2 fully saturated rings. The number of carbonyl (C=O) groups is 2. The summed E-state index contributed by atoms with van der Waals surface area (Å²) in [6.07, 6.45) is 0.725. The standard InChI is InChI=1S/C26H31F3N4O4/c1-37-23-6-5-19(14-30-23)25(36)10-7-21(8-11-25)33-12-9-20(16-33)32-22(34)15-31-24(35)17-3-2-4-18(13-17)26(27,28)29/h2-6,13-14,20-21,36H,7-12,15-16H2,1H3,(H,31,35)(H,32,34)/t20-,21?,25?/m0/s1. The van der Waals surface area contributed by atoms with Crippen molar-refractivity contribution in [1.29, 1.82) is 0 Å². The number of nitrogens with zero attached hydrogens (tertiary/aromatic N) is 2. The van der Waals surface area contributed by atoms with E-state index in [-0.39, 0.29) is 18.2 Å². The lowest BCUT2D eigenvalue weighted by Gasteiger charge is -2.39. The molecule has 1 saturated heterocycles. The highest BCUT2D eigenvalue weighted by molar-refractivity contribution is 5.96. The van der Waals surface area contributed by atoms with E-state index in [1.807, 2.05) is 6.07 Å². The number of nitrogens with one attached hydrogen (secondary N) is 2. The maximum Gasteiger partial charge on any atom is 0.416 e. The van der Waals surface area contributed by atoms with Gasteiger partial charge in [-0.05, 0) is 56.4 Å². The van der Waals surface area contributed by atoms with Gasteiger partial charge in [0.15, 0.2) is 0 Å². The molecule has 1 aromatic carbocycles. The third-order valence-corrected chi connectivity index (χ3v) is 7.23. The van der Waals surface area contributed by atoms with Crippen LogP contribution in [0, 0.1) is 0 Å². The van der Waals surface area contributed by atoms with Gasteiger partial charge in [0.05, 0.1) is 24.8 Å². The minimum Gasteiger partial charge on any atom is -0.481 e. The highest BCUT2D eigenvalue weighted by Gasteiger charge is 2.39. The Hall–Kier alpha value is -3.18. The molecule has 0 bridgehead atoms. The highest BCUT2D eigenvalue weighted by Crippen LogP contribution is 2.39. The molecule has 2 aromatic rings. The summed E-state index contributed by atoms with van der Waals surface area (Å²) in [5, 5.41) is 16.4. The van der Waals surface area contributed by atoms with E-state index in [0.717, 1.165) is 49.6 Å². The lowest BCUT2D eigenvalue weighted by Crippen LogP contribution is -2.45. The van der Waals surface area contributed by atoms with Gasteiger partial charge in [-0.3, -0.25) is 14.5 Å². The number of aliphatic hydroxyl groups is 1. The first kappa shape index (κ1) is 26.9. The predicted octanol–water partition coefficient (Wildman–Crippen LogP) is 2.86. The van der Waals surface area contributed by atoms with Crippen molar-refractivity contribution in [1.82, 2.24) is 20.5 Å². The molecule has 0 radical (unpaired) electrons. The number of hydrogen-bond acceptors (Lipinski definition) is 6. The van der Waals surface area contributed by atoms with Crippen molar-refractivity contribution >= 4 is 11.8 Å². The third kappa shape index (κ3) is 6.58. The average Bonchev–Trinajstić information content (AvgIpc) is 3.35. The van der Waals surface area contributed by atoms with Gasteiger partial charge in [-0.25, -0.2) is 4.98 Å². The molecule has 37 heavy (non-hydrogen) atoms. The Morgan fingerprint density at radius 2 is 1.95 bits per heavy atom. The molecule has 1 aliphatic carbocycles. The second-order valence-electron chi connectivity index (χ2n) is 9.66. The van der Waals surface area contributed by atoms with Gasteiger partial charge < -0.3 is 20.5 Å². The van der Waals surface area contributed by atoms with E-state index < -0.39 is 29.2 Å². The van der Waals surface area contributed by atoms with Gasteiger partial charge in [0.2, 0.25) is 11.8 Å². The molecule has 1 atom stereocenters. The summed E-state index contributed by atoms with van der Waals surface area (Å²) in [5.74, 6) is -0.630. The van der Waals surface area contributed by atoms with E-state index >= 15 is 0 Å². The molecule has 4 rings (SSSR count). The van der Waals surface area contributed by atoms with Gasteiger partial charge in [0.1, 0.15) is 0 Å². The first-order valence-corrected chi connectivity index (χ1v) is 12.3. The summed E-state index contributed by atoms with van der Waals surface area (Å²) < 4.78 is 43.7. The molecular weight excluding hydrogens is 489 g/mol. The molecule has 3 N–H and O–H groups in total. The molecule has 1 aliphatic heterocycles. The minimum absolute atomic E-state index is 0.0791.